The van der Waals surface area contributed by atoms with Crippen molar-refractivity contribution < 1.29 is 9.53 Å². The fourth-order valence-electron chi connectivity index (χ4n) is 3.28. The van der Waals surface area contributed by atoms with Crippen LogP contribution in [0, 0.1) is 0 Å². The summed E-state index contributed by atoms with van der Waals surface area (Å²) in [7, 11) is 0. The van der Waals surface area contributed by atoms with Crippen LogP contribution in [0.4, 0.5) is 5.69 Å². The van der Waals surface area contributed by atoms with Crippen LogP contribution in [0.3, 0.4) is 0 Å². The minimum atomic E-state index is -0.139. The van der Waals surface area contributed by atoms with Gasteiger partial charge in [-0.25, -0.2) is 0 Å². The highest BCUT2D eigenvalue weighted by Crippen LogP contribution is 2.25. The summed E-state index contributed by atoms with van der Waals surface area (Å²) in [5.74, 6) is -0.139. The Labute approximate surface area is 166 Å². The minimum Gasteiger partial charge on any atom is -0.379 e. The van der Waals surface area contributed by atoms with Crippen LogP contribution in [-0.2, 0) is 11.3 Å². The molecule has 1 fully saturated rings. The SMILES string of the molecule is O=C(Nc1cnn(CCN2CCOCC2)c1)c1cc(Br)cc2ccccc12. The number of aromatic nitrogens is 2. The van der Waals surface area contributed by atoms with Gasteiger partial charge in [0.2, 0.25) is 0 Å². The summed E-state index contributed by atoms with van der Waals surface area (Å²) in [6.45, 7) is 5.22. The molecule has 1 aliphatic rings. The lowest BCUT2D eigenvalue weighted by Crippen LogP contribution is -2.38. The number of hydrogen-bond donors (Lipinski definition) is 1. The Morgan fingerprint density at radius 1 is 1.19 bits per heavy atom. The lowest BCUT2D eigenvalue weighted by molar-refractivity contribution is 0.0360. The highest BCUT2D eigenvalue weighted by Gasteiger charge is 2.13. The molecule has 1 aromatic heterocycles. The molecule has 0 spiro atoms. The molecule has 140 valence electrons. The Bertz CT molecular complexity index is 950. The van der Waals surface area contributed by atoms with Crippen molar-refractivity contribution in [2.75, 3.05) is 38.2 Å². The lowest BCUT2D eigenvalue weighted by Gasteiger charge is -2.26. The average molecular weight is 429 g/mol. The second-order valence-corrected chi connectivity index (χ2v) is 7.49. The van der Waals surface area contributed by atoms with Gasteiger partial charge in [0.25, 0.3) is 5.91 Å². The molecule has 0 aliphatic carbocycles. The standard InChI is InChI=1S/C20H21BrN4O2/c21-16-11-15-3-1-2-4-18(15)19(12-16)20(26)23-17-13-22-25(14-17)6-5-24-7-9-27-10-8-24/h1-4,11-14H,5-10H2,(H,23,26). The van der Waals surface area contributed by atoms with Crippen molar-refractivity contribution in [1.82, 2.24) is 14.7 Å². The van der Waals surface area contributed by atoms with Crippen molar-refractivity contribution in [2.24, 2.45) is 0 Å². The predicted molar refractivity (Wildman–Crippen MR) is 109 cm³/mol. The molecule has 0 atom stereocenters. The number of amides is 1. The predicted octanol–water partition coefficient (Wildman–Crippen LogP) is 3.38. The highest BCUT2D eigenvalue weighted by molar-refractivity contribution is 9.10. The van der Waals surface area contributed by atoms with Gasteiger partial charge >= 0.3 is 0 Å². The fraction of sp³-hybridized carbons (Fsp3) is 0.300. The number of carbonyl (C=O) groups is 1. The molecule has 2 aromatic carbocycles. The minimum absolute atomic E-state index is 0.139. The van der Waals surface area contributed by atoms with Crippen molar-refractivity contribution in [1.29, 1.82) is 0 Å². The van der Waals surface area contributed by atoms with Gasteiger partial charge in [-0.3, -0.25) is 14.4 Å². The van der Waals surface area contributed by atoms with E-state index < -0.39 is 0 Å². The summed E-state index contributed by atoms with van der Waals surface area (Å²) < 4.78 is 8.11. The van der Waals surface area contributed by atoms with Crippen LogP contribution in [0.2, 0.25) is 0 Å². The topological polar surface area (TPSA) is 59.4 Å². The first kappa shape index (κ1) is 18.2. The van der Waals surface area contributed by atoms with Crippen LogP contribution in [0.5, 0.6) is 0 Å². The van der Waals surface area contributed by atoms with Gasteiger partial charge in [-0.15, -0.1) is 0 Å². The molecule has 4 rings (SSSR count). The van der Waals surface area contributed by atoms with Crippen LogP contribution < -0.4 is 5.32 Å². The van der Waals surface area contributed by atoms with Crippen molar-refractivity contribution in [2.45, 2.75) is 6.54 Å². The molecule has 0 unspecified atom stereocenters. The first-order valence-corrected chi connectivity index (χ1v) is 9.80. The van der Waals surface area contributed by atoms with Crippen LogP contribution in [-0.4, -0.2) is 53.4 Å². The molecule has 0 radical (unpaired) electrons. The zero-order chi connectivity index (χ0) is 18.6. The van der Waals surface area contributed by atoms with Crippen molar-refractivity contribution >= 4 is 38.3 Å². The van der Waals surface area contributed by atoms with Gasteiger partial charge in [0, 0.05) is 35.9 Å². The monoisotopic (exact) mass is 428 g/mol. The molecule has 1 amide bonds. The van der Waals surface area contributed by atoms with E-state index in [-0.39, 0.29) is 5.91 Å². The zero-order valence-electron chi connectivity index (χ0n) is 14.9. The molecular weight excluding hydrogens is 408 g/mol. The van der Waals surface area contributed by atoms with Crippen LogP contribution >= 0.6 is 15.9 Å². The number of nitrogens with one attached hydrogen (secondary N) is 1. The normalized spacial score (nSPS) is 15.1. The first-order valence-electron chi connectivity index (χ1n) is 9.01. The van der Waals surface area contributed by atoms with Gasteiger partial charge in [0.15, 0.2) is 0 Å². The molecule has 1 saturated heterocycles. The van der Waals surface area contributed by atoms with Gasteiger partial charge < -0.3 is 10.1 Å². The number of nitrogens with zero attached hydrogens (tertiary/aromatic N) is 3. The van der Waals surface area contributed by atoms with Crippen molar-refractivity contribution in [3.05, 3.63) is 58.8 Å². The first-order chi connectivity index (χ1) is 13.2. The molecule has 1 N–H and O–H groups in total. The van der Waals surface area contributed by atoms with E-state index in [4.69, 9.17) is 4.74 Å². The number of rotatable bonds is 5. The third-order valence-corrected chi connectivity index (χ3v) is 5.17. The Morgan fingerprint density at radius 2 is 2.00 bits per heavy atom. The third-order valence-electron chi connectivity index (χ3n) is 4.71. The molecule has 0 saturated carbocycles. The Morgan fingerprint density at radius 3 is 2.85 bits per heavy atom. The number of halogens is 1. The van der Waals surface area contributed by atoms with Crippen LogP contribution in [0.15, 0.2) is 53.3 Å². The summed E-state index contributed by atoms with van der Waals surface area (Å²) in [4.78, 5) is 15.2. The number of fused-ring (bicyclic) bond motifs is 1. The Kier molecular flexibility index (Phi) is 5.52. The van der Waals surface area contributed by atoms with E-state index in [1.807, 2.05) is 47.3 Å². The largest absolute Gasteiger partial charge is 0.379 e. The van der Waals surface area contributed by atoms with Crippen molar-refractivity contribution in [3.8, 4) is 0 Å². The Hall–Kier alpha value is -2.22. The van der Waals surface area contributed by atoms with E-state index in [1.165, 1.54) is 0 Å². The molecule has 3 aromatic rings. The van der Waals surface area contributed by atoms with Gasteiger partial charge in [-0.1, -0.05) is 40.2 Å². The second-order valence-electron chi connectivity index (χ2n) is 6.57. The summed E-state index contributed by atoms with van der Waals surface area (Å²) in [5, 5.41) is 9.28. The fourth-order valence-corrected chi connectivity index (χ4v) is 3.75. The van der Waals surface area contributed by atoms with Gasteiger partial charge in [0.1, 0.15) is 0 Å². The maximum atomic E-state index is 12.8. The quantitative estimate of drug-likeness (QED) is 0.676. The summed E-state index contributed by atoms with van der Waals surface area (Å²) in [6.07, 6.45) is 3.57. The lowest BCUT2D eigenvalue weighted by atomic mass is 10.0. The van der Waals surface area contributed by atoms with E-state index >= 15 is 0 Å². The molecular formula is C20H21BrN4O2. The molecule has 27 heavy (non-hydrogen) atoms. The average Bonchev–Trinajstić information content (AvgIpc) is 3.13. The van der Waals surface area contributed by atoms with Crippen LogP contribution in [0.25, 0.3) is 10.8 Å². The van der Waals surface area contributed by atoms with Gasteiger partial charge in [-0.2, -0.15) is 5.10 Å². The van der Waals surface area contributed by atoms with E-state index in [2.05, 4.69) is 31.2 Å². The summed E-state index contributed by atoms with van der Waals surface area (Å²) >= 11 is 3.49. The summed E-state index contributed by atoms with van der Waals surface area (Å²) in [6, 6.07) is 11.7. The Balaban J connectivity index is 1.44. The number of anilines is 1. The maximum Gasteiger partial charge on any atom is 0.256 e. The molecule has 0 bridgehead atoms. The van der Waals surface area contributed by atoms with E-state index in [0.717, 1.165) is 54.6 Å². The van der Waals surface area contributed by atoms with Gasteiger partial charge in [-0.05, 0) is 22.9 Å². The second kappa shape index (κ2) is 8.21. The highest BCUT2D eigenvalue weighted by atomic mass is 79.9. The van der Waals surface area contributed by atoms with Crippen molar-refractivity contribution in [3.63, 3.8) is 0 Å². The van der Waals surface area contributed by atoms with Crippen LogP contribution in [0.1, 0.15) is 10.4 Å². The molecule has 2 heterocycles. The number of ether oxygens (including phenoxy) is 1. The van der Waals surface area contributed by atoms with E-state index in [0.29, 0.717) is 11.3 Å². The van der Waals surface area contributed by atoms with E-state index in [9.17, 15) is 4.79 Å². The molecule has 1 aliphatic heterocycles. The third kappa shape index (κ3) is 4.37. The number of hydrogen-bond acceptors (Lipinski definition) is 4. The number of carbonyl (C=O) groups excluding carboxylic acids is 1. The van der Waals surface area contributed by atoms with E-state index in [1.54, 1.807) is 6.20 Å². The maximum absolute atomic E-state index is 12.8. The molecule has 6 nitrogen and oxygen atoms in total. The number of benzene rings is 2. The van der Waals surface area contributed by atoms with Gasteiger partial charge in [0.05, 0.1) is 31.6 Å². The number of morpholine rings is 1. The smallest absolute Gasteiger partial charge is 0.256 e. The molecule has 7 heteroatoms. The zero-order valence-corrected chi connectivity index (χ0v) is 16.5. The summed E-state index contributed by atoms with van der Waals surface area (Å²) in [5.41, 5.74) is 1.34.